The van der Waals surface area contributed by atoms with Crippen LogP contribution < -0.4 is 4.74 Å². The van der Waals surface area contributed by atoms with E-state index in [0.29, 0.717) is 21.7 Å². The van der Waals surface area contributed by atoms with Crippen molar-refractivity contribution >= 4 is 34.1 Å². The molecule has 5 heteroatoms. The third kappa shape index (κ3) is 1.92. The lowest BCUT2D eigenvalue weighted by atomic mass is 10.2. The van der Waals surface area contributed by atoms with Gasteiger partial charge in [0.15, 0.2) is 5.75 Å². The van der Waals surface area contributed by atoms with Gasteiger partial charge in [-0.2, -0.15) is 0 Å². The second kappa shape index (κ2) is 4.52. The number of nitrogens with zero attached hydrogens (tertiary/aromatic N) is 1. The molecule has 0 fully saturated rings. The quantitative estimate of drug-likeness (QED) is 0.740. The number of H-pyrrole nitrogens is 1. The first kappa shape index (κ1) is 11.4. The van der Waals surface area contributed by atoms with Crippen LogP contribution in [-0.4, -0.2) is 10.2 Å². The van der Waals surface area contributed by atoms with Gasteiger partial charge in [-0.05, 0) is 24.3 Å². The molecule has 0 saturated heterocycles. The van der Waals surface area contributed by atoms with E-state index in [4.69, 9.17) is 27.9 Å². The molecule has 0 aliphatic heterocycles. The molecule has 1 aromatic heterocycles. The average molecular weight is 279 g/mol. The number of ether oxygens (including phenoxy) is 1. The Morgan fingerprint density at radius 1 is 0.944 bits per heavy atom. The SMILES string of the molecule is Clc1cccc(Cl)c1Oc1n[nH]c2ccccc12. The van der Waals surface area contributed by atoms with E-state index < -0.39 is 0 Å². The van der Waals surface area contributed by atoms with Gasteiger partial charge in [0.05, 0.1) is 20.9 Å². The zero-order valence-electron chi connectivity index (χ0n) is 9.15. The van der Waals surface area contributed by atoms with Crippen LogP contribution in [0.5, 0.6) is 11.6 Å². The first-order valence-corrected chi connectivity index (χ1v) is 6.06. The van der Waals surface area contributed by atoms with Crippen molar-refractivity contribution in [2.45, 2.75) is 0 Å². The molecule has 0 bridgehead atoms. The fourth-order valence-corrected chi connectivity index (χ4v) is 2.17. The van der Waals surface area contributed by atoms with Crippen molar-refractivity contribution in [3.8, 4) is 11.6 Å². The molecule has 0 amide bonds. The van der Waals surface area contributed by atoms with Crippen LogP contribution in [0.3, 0.4) is 0 Å². The monoisotopic (exact) mass is 278 g/mol. The van der Waals surface area contributed by atoms with Gasteiger partial charge < -0.3 is 4.74 Å². The maximum atomic E-state index is 6.05. The summed E-state index contributed by atoms with van der Waals surface area (Å²) in [6.45, 7) is 0. The molecule has 0 radical (unpaired) electrons. The van der Waals surface area contributed by atoms with Crippen molar-refractivity contribution in [3.05, 3.63) is 52.5 Å². The Morgan fingerprint density at radius 3 is 2.44 bits per heavy atom. The van der Waals surface area contributed by atoms with E-state index >= 15 is 0 Å². The highest BCUT2D eigenvalue weighted by molar-refractivity contribution is 6.37. The lowest BCUT2D eigenvalue weighted by Crippen LogP contribution is -1.87. The number of halogens is 2. The summed E-state index contributed by atoms with van der Waals surface area (Å²) in [6, 6.07) is 12.9. The molecule has 0 unspecified atom stereocenters. The van der Waals surface area contributed by atoms with Crippen molar-refractivity contribution in [1.82, 2.24) is 10.2 Å². The Hall–Kier alpha value is -1.71. The number of benzene rings is 2. The van der Waals surface area contributed by atoms with E-state index in [9.17, 15) is 0 Å². The number of aromatic nitrogens is 2. The molecule has 0 spiro atoms. The number of rotatable bonds is 2. The van der Waals surface area contributed by atoms with E-state index in [-0.39, 0.29) is 0 Å². The molecule has 3 rings (SSSR count). The number of hydrogen-bond donors (Lipinski definition) is 1. The molecule has 90 valence electrons. The Labute approximate surface area is 113 Å². The molecule has 0 atom stereocenters. The van der Waals surface area contributed by atoms with E-state index in [1.54, 1.807) is 18.2 Å². The topological polar surface area (TPSA) is 37.9 Å². The summed E-state index contributed by atoms with van der Waals surface area (Å²) in [5, 5.41) is 8.78. The lowest BCUT2D eigenvalue weighted by Gasteiger charge is -2.06. The summed E-state index contributed by atoms with van der Waals surface area (Å²) in [7, 11) is 0. The van der Waals surface area contributed by atoms with Gasteiger partial charge >= 0.3 is 0 Å². The van der Waals surface area contributed by atoms with Crippen molar-refractivity contribution in [3.63, 3.8) is 0 Å². The smallest absolute Gasteiger partial charge is 0.246 e. The van der Waals surface area contributed by atoms with E-state index in [1.165, 1.54) is 0 Å². The summed E-state index contributed by atoms with van der Waals surface area (Å²) < 4.78 is 5.69. The number of nitrogens with one attached hydrogen (secondary N) is 1. The minimum Gasteiger partial charge on any atom is -0.434 e. The first-order chi connectivity index (χ1) is 8.75. The third-order valence-corrected chi connectivity index (χ3v) is 3.15. The molecular formula is C13H8Cl2N2O. The van der Waals surface area contributed by atoms with Crippen molar-refractivity contribution in [1.29, 1.82) is 0 Å². The number of fused-ring (bicyclic) bond motifs is 1. The minimum atomic E-state index is 0.415. The van der Waals surface area contributed by atoms with Gasteiger partial charge in [-0.25, -0.2) is 0 Å². The van der Waals surface area contributed by atoms with Crippen LogP contribution in [-0.2, 0) is 0 Å². The van der Waals surface area contributed by atoms with E-state index in [0.717, 1.165) is 10.9 Å². The van der Waals surface area contributed by atoms with Gasteiger partial charge in [0.25, 0.3) is 0 Å². The fraction of sp³-hybridized carbons (Fsp3) is 0. The highest BCUT2D eigenvalue weighted by atomic mass is 35.5. The molecule has 1 N–H and O–H groups in total. The molecule has 18 heavy (non-hydrogen) atoms. The van der Waals surface area contributed by atoms with Gasteiger partial charge in [-0.15, -0.1) is 5.10 Å². The van der Waals surface area contributed by atoms with Gasteiger partial charge in [0, 0.05) is 0 Å². The van der Waals surface area contributed by atoms with Gasteiger partial charge in [-0.1, -0.05) is 41.4 Å². The zero-order valence-corrected chi connectivity index (χ0v) is 10.7. The van der Waals surface area contributed by atoms with Crippen molar-refractivity contribution in [2.24, 2.45) is 0 Å². The fourth-order valence-electron chi connectivity index (χ4n) is 1.69. The molecule has 3 nitrogen and oxygen atoms in total. The summed E-state index contributed by atoms with van der Waals surface area (Å²) >= 11 is 12.1. The van der Waals surface area contributed by atoms with Gasteiger partial charge in [-0.3, -0.25) is 5.10 Å². The highest BCUT2D eigenvalue weighted by Crippen LogP contribution is 2.37. The molecule has 0 aliphatic rings. The lowest BCUT2D eigenvalue weighted by molar-refractivity contribution is 0.467. The summed E-state index contributed by atoms with van der Waals surface area (Å²) in [5.74, 6) is 0.874. The first-order valence-electron chi connectivity index (χ1n) is 5.30. The van der Waals surface area contributed by atoms with Crippen LogP contribution in [0.25, 0.3) is 10.9 Å². The summed E-state index contributed by atoms with van der Waals surface area (Å²) in [5.41, 5.74) is 0.899. The van der Waals surface area contributed by atoms with Crippen LogP contribution in [0.15, 0.2) is 42.5 Å². The second-order valence-corrected chi connectivity index (χ2v) is 4.54. The van der Waals surface area contributed by atoms with Crippen LogP contribution in [0.4, 0.5) is 0 Å². The summed E-state index contributed by atoms with van der Waals surface area (Å²) in [4.78, 5) is 0. The largest absolute Gasteiger partial charge is 0.434 e. The molecule has 2 aromatic carbocycles. The third-order valence-electron chi connectivity index (χ3n) is 2.55. The molecule has 0 saturated carbocycles. The molecule has 3 aromatic rings. The summed E-state index contributed by atoms with van der Waals surface area (Å²) in [6.07, 6.45) is 0. The zero-order chi connectivity index (χ0) is 12.5. The van der Waals surface area contributed by atoms with Crippen molar-refractivity contribution in [2.75, 3.05) is 0 Å². The van der Waals surface area contributed by atoms with Crippen LogP contribution >= 0.6 is 23.2 Å². The Kier molecular flexibility index (Phi) is 2.86. The second-order valence-electron chi connectivity index (χ2n) is 3.73. The van der Waals surface area contributed by atoms with Crippen LogP contribution in [0.1, 0.15) is 0 Å². The number of para-hydroxylation sites is 2. The van der Waals surface area contributed by atoms with Crippen LogP contribution in [0.2, 0.25) is 10.0 Å². The standard InChI is InChI=1S/C13H8Cl2N2O/c14-9-5-3-6-10(15)12(9)18-13-8-4-1-2-7-11(8)16-17-13/h1-7H,(H,16,17). The Morgan fingerprint density at radius 2 is 1.67 bits per heavy atom. The van der Waals surface area contributed by atoms with Gasteiger partial charge in [0.2, 0.25) is 5.88 Å². The predicted molar refractivity (Wildman–Crippen MR) is 72.6 cm³/mol. The molecule has 1 heterocycles. The molecular weight excluding hydrogens is 271 g/mol. The highest BCUT2D eigenvalue weighted by Gasteiger charge is 2.12. The molecule has 0 aliphatic carbocycles. The van der Waals surface area contributed by atoms with E-state index in [1.807, 2.05) is 24.3 Å². The van der Waals surface area contributed by atoms with E-state index in [2.05, 4.69) is 10.2 Å². The number of aromatic amines is 1. The maximum Gasteiger partial charge on any atom is 0.246 e. The average Bonchev–Trinajstić information content (AvgIpc) is 2.77. The maximum absolute atomic E-state index is 6.05. The Balaban J connectivity index is 2.07. The number of hydrogen-bond acceptors (Lipinski definition) is 2. The predicted octanol–water partition coefficient (Wildman–Crippen LogP) is 4.66. The minimum absolute atomic E-state index is 0.415. The van der Waals surface area contributed by atoms with Crippen molar-refractivity contribution < 1.29 is 4.74 Å². The van der Waals surface area contributed by atoms with Gasteiger partial charge in [0.1, 0.15) is 0 Å². The van der Waals surface area contributed by atoms with Crippen LogP contribution in [0, 0.1) is 0 Å². The normalized spacial score (nSPS) is 10.8. The Bertz CT molecular complexity index is 689.